The molecule has 3 rings (SSSR count). The SMILES string of the molecule is O=C(NCc1cccnc1OC1CCCC1)C1CC(=O)N(CC(F)(F)F)C1. The highest BCUT2D eigenvalue weighted by Crippen LogP contribution is 2.26. The molecule has 9 heteroatoms. The van der Waals surface area contributed by atoms with Gasteiger partial charge in [0.05, 0.1) is 5.92 Å². The molecule has 0 spiro atoms. The van der Waals surface area contributed by atoms with E-state index < -0.39 is 30.5 Å². The maximum absolute atomic E-state index is 12.5. The number of ether oxygens (including phenoxy) is 1. The van der Waals surface area contributed by atoms with Crippen LogP contribution in [0.25, 0.3) is 0 Å². The number of amides is 2. The summed E-state index contributed by atoms with van der Waals surface area (Å²) >= 11 is 0. The van der Waals surface area contributed by atoms with Crippen molar-refractivity contribution in [3.8, 4) is 5.88 Å². The second-order valence-electron chi connectivity index (χ2n) is 7.00. The number of alkyl halides is 3. The Hall–Kier alpha value is -2.32. The standard InChI is InChI=1S/C18H22F3N3O3/c19-18(20,21)11-24-10-13(8-15(24)25)16(26)23-9-12-4-3-7-22-17(12)27-14-5-1-2-6-14/h3-4,7,13-14H,1-2,5-6,8-11H2,(H,23,26). The van der Waals surface area contributed by atoms with Crippen LogP contribution in [0.15, 0.2) is 18.3 Å². The summed E-state index contributed by atoms with van der Waals surface area (Å²) in [6.07, 6.45) is 1.24. The van der Waals surface area contributed by atoms with Gasteiger partial charge in [0.2, 0.25) is 17.7 Å². The Morgan fingerprint density at radius 3 is 2.78 bits per heavy atom. The van der Waals surface area contributed by atoms with Gasteiger partial charge in [-0.2, -0.15) is 13.2 Å². The molecule has 1 aromatic heterocycles. The van der Waals surface area contributed by atoms with E-state index >= 15 is 0 Å². The fraction of sp³-hybridized carbons (Fsp3) is 0.611. The first-order valence-corrected chi connectivity index (χ1v) is 9.04. The van der Waals surface area contributed by atoms with E-state index in [1.54, 1.807) is 18.3 Å². The van der Waals surface area contributed by atoms with Gasteiger partial charge in [-0.3, -0.25) is 9.59 Å². The number of rotatable bonds is 6. The third-order valence-corrected chi connectivity index (χ3v) is 4.84. The Labute approximate surface area is 155 Å². The van der Waals surface area contributed by atoms with Gasteiger partial charge in [-0.05, 0) is 31.7 Å². The molecule has 27 heavy (non-hydrogen) atoms. The number of hydrogen-bond donors (Lipinski definition) is 1. The minimum absolute atomic E-state index is 0.123. The third-order valence-electron chi connectivity index (χ3n) is 4.84. The van der Waals surface area contributed by atoms with Gasteiger partial charge < -0.3 is 15.0 Å². The highest BCUT2D eigenvalue weighted by Gasteiger charge is 2.40. The number of halogens is 3. The van der Waals surface area contributed by atoms with Gasteiger partial charge in [0.15, 0.2) is 0 Å². The van der Waals surface area contributed by atoms with E-state index in [-0.39, 0.29) is 25.6 Å². The Bertz CT molecular complexity index is 690. The number of aromatic nitrogens is 1. The maximum Gasteiger partial charge on any atom is 0.406 e. The van der Waals surface area contributed by atoms with Crippen LogP contribution in [0.5, 0.6) is 5.88 Å². The van der Waals surface area contributed by atoms with E-state index in [9.17, 15) is 22.8 Å². The molecule has 6 nitrogen and oxygen atoms in total. The van der Waals surface area contributed by atoms with Crippen molar-refractivity contribution in [3.63, 3.8) is 0 Å². The minimum atomic E-state index is -4.47. The fourth-order valence-electron chi connectivity index (χ4n) is 3.47. The maximum atomic E-state index is 12.5. The van der Waals surface area contributed by atoms with Gasteiger partial charge in [-0.1, -0.05) is 6.07 Å². The lowest BCUT2D eigenvalue weighted by Crippen LogP contribution is -2.37. The molecule has 0 bridgehead atoms. The minimum Gasteiger partial charge on any atom is -0.474 e. The summed E-state index contributed by atoms with van der Waals surface area (Å²) in [6, 6.07) is 3.51. The normalized spacial score (nSPS) is 20.9. The molecule has 1 saturated carbocycles. The van der Waals surface area contributed by atoms with Gasteiger partial charge in [0.1, 0.15) is 12.6 Å². The number of pyridine rings is 1. The highest BCUT2D eigenvalue weighted by atomic mass is 19.4. The molecule has 1 atom stereocenters. The van der Waals surface area contributed by atoms with Crippen molar-refractivity contribution in [2.45, 2.75) is 50.9 Å². The summed E-state index contributed by atoms with van der Waals surface area (Å²) in [5.74, 6) is -1.41. The lowest BCUT2D eigenvalue weighted by atomic mass is 10.1. The molecule has 1 unspecified atom stereocenters. The van der Waals surface area contributed by atoms with E-state index in [1.165, 1.54) is 0 Å². The molecular formula is C18H22F3N3O3. The van der Waals surface area contributed by atoms with Crippen LogP contribution < -0.4 is 10.1 Å². The number of carbonyl (C=O) groups excluding carboxylic acids is 2. The first-order valence-electron chi connectivity index (χ1n) is 9.04. The van der Waals surface area contributed by atoms with E-state index in [0.29, 0.717) is 16.3 Å². The monoisotopic (exact) mass is 385 g/mol. The lowest BCUT2D eigenvalue weighted by Gasteiger charge is -2.18. The molecule has 0 radical (unpaired) electrons. The summed E-state index contributed by atoms with van der Waals surface area (Å²) in [5.41, 5.74) is 0.703. The van der Waals surface area contributed by atoms with E-state index in [0.717, 1.165) is 25.7 Å². The molecule has 1 aromatic rings. The number of nitrogens with zero attached hydrogens (tertiary/aromatic N) is 2. The number of likely N-dealkylation sites (tertiary alicyclic amines) is 1. The van der Waals surface area contributed by atoms with Crippen LogP contribution in [0.2, 0.25) is 0 Å². The smallest absolute Gasteiger partial charge is 0.406 e. The average molecular weight is 385 g/mol. The first kappa shape index (κ1) is 19.4. The first-order chi connectivity index (χ1) is 12.8. The molecule has 1 aliphatic heterocycles. The van der Waals surface area contributed by atoms with Gasteiger partial charge in [0.25, 0.3) is 0 Å². The molecule has 1 aliphatic carbocycles. The van der Waals surface area contributed by atoms with Crippen molar-refractivity contribution in [2.24, 2.45) is 5.92 Å². The molecule has 2 fully saturated rings. The summed E-state index contributed by atoms with van der Waals surface area (Å²) in [4.78, 5) is 28.9. The average Bonchev–Trinajstić information content (AvgIpc) is 3.23. The second-order valence-corrected chi connectivity index (χ2v) is 7.00. The molecule has 0 aromatic carbocycles. The van der Waals surface area contributed by atoms with Crippen molar-refractivity contribution in [2.75, 3.05) is 13.1 Å². The Kier molecular flexibility index (Phi) is 5.86. The van der Waals surface area contributed by atoms with Crippen LogP contribution in [-0.2, 0) is 16.1 Å². The van der Waals surface area contributed by atoms with Gasteiger partial charge in [0, 0.05) is 31.3 Å². The van der Waals surface area contributed by atoms with Crippen molar-refractivity contribution >= 4 is 11.8 Å². The van der Waals surface area contributed by atoms with Crippen LogP contribution in [0.3, 0.4) is 0 Å². The van der Waals surface area contributed by atoms with Crippen molar-refractivity contribution in [1.29, 1.82) is 0 Å². The van der Waals surface area contributed by atoms with Crippen molar-refractivity contribution < 1.29 is 27.5 Å². The van der Waals surface area contributed by atoms with E-state index in [4.69, 9.17) is 4.74 Å². The summed E-state index contributed by atoms with van der Waals surface area (Å²) in [6.45, 7) is -1.39. The molecule has 1 N–H and O–H groups in total. The zero-order valence-corrected chi connectivity index (χ0v) is 14.8. The Balaban J connectivity index is 1.54. The molecular weight excluding hydrogens is 363 g/mol. The Morgan fingerprint density at radius 1 is 1.33 bits per heavy atom. The van der Waals surface area contributed by atoms with Gasteiger partial charge in [-0.25, -0.2) is 4.98 Å². The molecule has 1 saturated heterocycles. The summed E-state index contributed by atoms with van der Waals surface area (Å²) in [7, 11) is 0. The Morgan fingerprint density at radius 2 is 2.07 bits per heavy atom. The van der Waals surface area contributed by atoms with Gasteiger partial charge in [-0.15, -0.1) is 0 Å². The predicted molar refractivity (Wildman–Crippen MR) is 89.7 cm³/mol. The largest absolute Gasteiger partial charge is 0.474 e. The fourth-order valence-corrected chi connectivity index (χ4v) is 3.47. The number of carbonyl (C=O) groups is 2. The molecule has 2 heterocycles. The van der Waals surface area contributed by atoms with Crippen LogP contribution in [0.1, 0.15) is 37.7 Å². The quantitative estimate of drug-likeness (QED) is 0.817. The predicted octanol–water partition coefficient (Wildman–Crippen LogP) is 2.43. The topological polar surface area (TPSA) is 71.5 Å². The van der Waals surface area contributed by atoms with Crippen molar-refractivity contribution in [3.05, 3.63) is 23.9 Å². The third kappa shape index (κ3) is 5.33. The zero-order chi connectivity index (χ0) is 19.4. The van der Waals surface area contributed by atoms with Crippen LogP contribution in [-0.4, -0.2) is 47.1 Å². The zero-order valence-electron chi connectivity index (χ0n) is 14.8. The van der Waals surface area contributed by atoms with Crippen LogP contribution >= 0.6 is 0 Å². The van der Waals surface area contributed by atoms with Gasteiger partial charge >= 0.3 is 6.18 Å². The van der Waals surface area contributed by atoms with Crippen molar-refractivity contribution in [1.82, 2.24) is 15.2 Å². The van der Waals surface area contributed by atoms with Crippen LogP contribution in [0, 0.1) is 5.92 Å². The number of nitrogens with one attached hydrogen (secondary N) is 1. The van der Waals surface area contributed by atoms with E-state index in [1.807, 2.05) is 0 Å². The van der Waals surface area contributed by atoms with Crippen LogP contribution in [0.4, 0.5) is 13.2 Å². The molecule has 2 aliphatic rings. The summed E-state index contributed by atoms with van der Waals surface area (Å²) in [5, 5.41) is 2.69. The van der Waals surface area contributed by atoms with E-state index in [2.05, 4.69) is 10.3 Å². The second kappa shape index (κ2) is 8.14. The molecule has 2 amide bonds. The molecule has 148 valence electrons. The number of hydrogen-bond acceptors (Lipinski definition) is 4. The summed E-state index contributed by atoms with van der Waals surface area (Å²) < 4.78 is 43.3. The highest BCUT2D eigenvalue weighted by molar-refractivity contribution is 5.89. The lowest BCUT2D eigenvalue weighted by molar-refractivity contribution is -0.157.